The van der Waals surface area contributed by atoms with Crippen LogP contribution in [0.2, 0.25) is 0 Å². The molecule has 0 aromatic heterocycles. The van der Waals surface area contributed by atoms with E-state index in [1.807, 2.05) is 0 Å². The Labute approximate surface area is 115 Å². The SMILES string of the molecule is NC1CCC(C=O)(CC2(C=O)CCC(N)CC2)CC1. The zero-order chi connectivity index (χ0) is 13.9. The van der Waals surface area contributed by atoms with Crippen LogP contribution in [0.5, 0.6) is 0 Å². The molecule has 2 fully saturated rings. The van der Waals surface area contributed by atoms with E-state index in [-0.39, 0.29) is 22.9 Å². The van der Waals surface area contributed by atoms with Gasteiger partial charge in [0.25, 0.3) is 0 Å². The standard InChI is InChI=1S/C15H26N2O2/c16-12-1-5-14(10-18,6-2-12)9-15(11-19)7-3-13(17)4-8-15/h10-13H,1-9,16-17H2. The molecule has 0 radical (unpaired) electrons. The van der Waals surface area contributed by atoms with Crippen LogP contribution in [0.4, 0.5) is 0 Å². The minimum Gasteiger partial charge on any atom is -0.328 e. The normalized spacial score (nSPS) is 43.7. The molecule has 0 atom stereocenters. The Balaban J connectivity index is 2.07. The molecule has 2 saturated carbocycles. The van der Waals surface area contributed by atoms with Gasteiger partial charge in [-0.3, -0.25) is 0 Å². The fourth-order valence-electron chi connectivity index (χ4n) is 3.80. The van der Waals surface area contributed by atoms with Gasteiger partial charge in [-0.25, -0.2) is 0 Å². The summed E-state index contributed by atoms with van der Waals surface area (Å²) in [6.45, 7) is 0. The van der Waals surface area contributed by atoms with Crippen molar-refractivity contribution in [2.24, 2.45) is 22.3 Å². The van der Waals surface area contributed by atoms with Gasteiger partial charge in [-0.1, -0.05) is 0 Å². The fraction of sp³-hybridized carbons (Fsp3) is 0.867. The summed E-state index contributed by atoms with van der Waals surface area (Å²) in [7, 11) is 0. The summed E-state index contributed by atoms with van der Waals surface area (Å²) >= 11 is 0. The third-order valence-electron chi connectivity index (χ3n) is 5.26. The highest BCUT2D eigenvalue weighted by atomic mass is 16.1. The van der Waals surface area contributed by atoms with Gasteiger partial charge in [0.05, 0.1) is 0 Å². The van der Waals surface area contributed by atoms with Gasteiger partial charge >= 0.3 is 0 Å². The molecule has 0 heterocycles. The number of hydrogen-bond donors (Lipinski definition) is 2. The van der Waals surface area contributed by atoms with Crippen molar-refractivity contribution in [2.45, 2.75) is 69.9 Å². The lowest BCUT2D eigenvalue weighted by Gasteiger charge is -2.43. The number of nitrogens with two attached hydrogens (primary N) is 2. The van der Waals surface area contributed by atoms with Crippen LogP contribution in [-0.4, -0.2) is 24.7 Å². The van der Waals surface area contributed by atoms with Crippen LogP contribution in [0.15, 0.2) is 0 Å². The molecule has 0 saturated heterocycles. The predicted molar refractivity (Wildman–Crippen MR) is 74.5 cm³/mol. The van der Waals surface area contributed by atoms with Crippen LogP contribution in [0.3, 0.4) is 0 Å². The van der Waals surface area contributed by atoms with Gasteiger partial charge in [0, 0.05) is 22.9 Å². The van der Waals surface area contributed by atoms with Crippen molar-refractivity contribution in [1.82, 2.24) is 0 Å². The average molecular weight is 266 g/mol. The van der Waals surface area contributed by atoms with E-state index in [1.165, 1.54) is 0 Å². The van der Waals surface area contributed by atoms with Gasteiger partial charge < -0.3 is 21.1 Å². The van der Waals surface area contributed by atoms with Gasteiger partial charge in [0.1, 0.15) is 12.6 Å². The molecule has 0 aromatic carbocycles. The first-order chi connectivity index (χ1) is 9.03. The van der Waals surface area contributed by atoms with Crippen molar-refractivity contribution in [3.05, 3.63) is 0 Å². The molecular formula is C15H26N2O2. The first kappa shape index (κ1) is 14.7. The summed E-state index contributed by atoms with van der Waals surface area (Å²) in [5.74, 6) is 0. The second kappa shape index (κ2) is 5.71. The molecule has 2 rings (SSSR count). The maximum atomic E-state index is 11.6. The second-order valence-electron chi connectivity index (χ2n) is 6.81. The smallest absolute Gasteiger partial charge is 0.126 e. The largest absolute Gasteiger partial charge is 0.328 e. The Kier molecular flexibility index (Phi) is 4.41. The van der Waals surface area contributed by atoms with Crippen molar-refractivity contribution in [1.29, 1.82) is 0 Å². The van der Waals surface area contributed by atoms with Crippen LogP contribution in [0, 0.1) is 10.8 Å². The van der Waals surface area contributed by atoms with Crippen LogP contribution in [0.1, 0.15) is 57.8 Å². The maximum absolute atomic E-state index is 11.6. The van der Waals surface area contributed by atoms with Crippen molar-refractivity contribution in [3.8, 4) is 0 Å². The van der Waals surface area contributed by atoms with Gasteiger partial charge in [0.15, 0.2) is 0 Å². The highest BCUT2D eigenvalue weighted by Crippen LogP contribution is 2.48. The number of rotatable bonds is 4. The second-order valence-corrected chi connectivity index (χ2v) is 6.81. The molecule has 0 amide bonds. The molecule has 4 heteroatoms. The molecule has 0 bridgehead atoms. The van der Waals surface area contributed by atoms with Crippen molar-refractivity contribution in [3.63, 3.8) is 0 Å². The highest BCUT2D eigenvalue weighted by molar-refractivity contribution is 5.65. The lowest BCUT2D eigenvalue weighted by Crippen LogP contribution is -2.43. The Bertz CT molecular complexity index is 295. The van der Waals surface area contributed by atoms with Gasteiger partial charge in [-0.15, -0.1) is 0 Å². The van der Waals surface area contributed by atoms with E-state index in [9.17, 15) is 9.59 Å². The Morgan fingerprint density at radius 3 is 1.37 bits per heavy atom. The zero-order valence-corrected chi connectivity index (χ0v) is 11.6. The lowest BCUT2D eigenvalue weighted by atomic mass is 9.60. The van der Waals surface area contributed by atoms with E-state index in [2.05, 4.69) is 0 Å². The molecule has 4 N–H and O–H groups in total. The van der Waals surface area contributed by atoms with E-state index in [4.69, 9.17) is 11.5 Å². The lowest BCUT2D eigenvalue weighted by molar-refractivity contribution is -0.126. The quantitative estimate of drug-likeness (QED) is 0.756. The van der Waals surface area contributed by atoms with Crippen LogP contribution in [0.25, 0.3) is 0 Å². The summed E-state index contributed by atoms with van der Waals surface area (Å²) in [5, 5.41) is 0. The summed E-state index contributed by atoms with van der Waals surface area (Å²) in [6, 6.07) is 0.445. The molecule has 0 unspecified atom stereocenters. The Morgan fingerprint density at radius 1 is 0.789 bits per heavy atom. The maximum Gasteiger partial charge on any atom is 0.126 e. The summed E-state index contributed by atoms with van der Waals surface area (Å²) in [5.41, 5.74) is 11.2. The topological polar surface area (TPSA) is 86.2 Å². The molecule has 19 heavy (non-hydrogen) atoms. The minimum atomic E-state index is -0.321. The molecule has 0 aliphatic heterocycles. The van der Waals surface area contributed by atoms with Crippen molar-refractivity contribution >= 4 is 12.6 Å². The Morgan fingerprint density at radius 2 is 1.11 bits per heavy atom. The number of carbonyl (C=O) groups excluding carboxylic acids is 2. The zero-order valence-electron chi connectivity index (χ0n) is 11.6. The fourth-order valence-corrected chi connectivity index (χ4v) is 3.80. The molecule has 4 nitrogen and oxygen atoms in total. The summed E-state index contributed by atoms with van der Waals surface area (Å²) < 4.78 is 0. The Hall–Kier alpha value is -0.740. The van der Waals surface area contributed by atoms with Gasteiger partial charge in [-0.2, -0.15) is 0 Å². The first-order valence-electron chi connectivity index (χ1n) is 7.47. The molecule has 108 valence electrons. The van der Waals surface area contributed by atoms with Crippen molar-refractivity contribution in [2.75, 3.05) is 0 Å². The van der Waals surface area contributed by atoms with Gasteiger partial charge in [-0.05, 0) is 57.8 Å². The average Bonchev–Trinajstić information content (AvgIpc) is 2.45. The molecule has 0 aromatic rings. The number of carbonyl (C=O) groups is 2. The summed E-state index contributed by atoms with van der Waals surface area (Å²) in [6.07, 6.45) is 9.81. The van der Waals surface area contributed by atoms with Gasteiger partial charge in [0.2, 0.25) is 0 Å². The van der Waals surface area contributed by atoms with E-state index in [0.717, 1.165) is 63.9 Å². The molecule has 2 aliphatic carbocycles. The monoisotopic (exact) mass is 266 g/mol. The molecular weight excluding hydrogens is 240 g/mol. The van der Waals surface area contributed by atoms with E-state index in [1.54, 1.807) is 0 Å². The minimum absolute atomic E-state index is 0.222. The number of hydrogen-bond acceptors (Lipinski definition) is 4. The molecule has 2 aliphatic rings. The van der Waals surface area contributed by atoms with Crippen LogP contribution >= 0.6 is 0 Å². The third-order valence-corrected chi connectivity index (χ3v) is 5.26. The van der Waals surface area contributed by atoms with Crippen LogP contribution in [-0.2, 0) is 9.59 Å². The summed E-state index contributed by atoms with van der Waals surface area (Å²) in [4.78, 5) is 23.2. The highest BCUT2D eigenvalue weighted by Gasteiger charge is 2.44. The van der Waals surface area contributed by atoms with Crippen LogP contribution < -0.4 is 11.5 Å². The molecule has 0 spiro atoms. The first-order valence-corrected chi connectivity index (χ1v) is 7.47. The van der Waals surface area contributed by atoms with E-state index < -0.39 is 0 Å². The predicted octanol–water partition coefficient (Wildman–Crippen LogP) is 1.55. The van der Waals surface area contributed by atoms with Crippen molar-refractivity contribution < 1.29 is 9.59 Å². The van der Waals surface area contributed by atoms with E-state index in [0.29, 0.717) is 6.42 Å². The third kappa shape index (κ3) is 3.23. The van der Waals surface area contributed by atoms with E-state index >= 15 is 0 Å². The number of aldehydes is 2.